The van der Waals surface area contributed by atoms with Crippen molar-refractivity contribution in [2.24, 2.45) is 0 Å². The summed E-state index contributed by atoms with van der Waals surface area (Å²) in [5.74, 6) is 0.201. The molecule has 20 heavy (non-hydrogen) atoms. The molecule has 0 fully saturated rings. The average Bonchev–Trinajstić information content (AvgIpc) is 2.58. The number of nitrogens with zero attached hydrogens (tertiary/aromatic N) is 2. The van der Waals surface area contributed by atoms with Crippen molar-refractivity contribution in [3.05, 3.63) is 52.8 Å². The molecule has 1 aliphatic heterocycles. The predicted molar refractivity (Wildman–Crippen MR) is 79.5 cm³/mol. The highest BCUT2D eigenvalue weighted by Crippen LogP contribution is 2.27. The van der Waals surface area contributed by atoms with E-state index in [0.29, 0.717) is 18.0 Å². The van der Waals surface area contributed by atoms with Crippen LogP contribution >= 0.6 is 11.6 Å². The minimum atomic E-state index is 0.201. The van der Waals surface area contributed by atoms with Crippen molar-refractivity contribution >= 4 is 17.5 Å². The number of carbonyl (C=O) groups excluding carboxylic acids is 1. The minimum absolute atomic E-state index is 0.201. The van der Waals surface area contributed by atoms with E-state index in [1.54, 1.807) is 11.1 Å². The van der Waals surface area contributed by atoms with E-state index in [2.05, 4.69) is 23.2 Å². The molecule has 2 heterocycles. The van der Waals surface area contributed by atoms with Crippen molar-refractivity contribution in [2.45, 2.75) is 19.4 Å². The SMILES string of the molecule is CN1Cc2ccc(-c3cncc(Cl)c3)cc2CCC1=O. The number of pyridine rings is 1. The second-order valence-corrected chi connectivity index (χ2v) is 5.56. The second-order valence-electron chi connectivity index (χ2n) is 5.13. The van der Waals surface area contributed by atoms with Gasteiger partial charge in [-0.1, -0.05) is 29.8 Å². The van der Waals surface area contributed by atoms with Crippen molar-refractivity contribution < 1.29 is 4.79 Å². The van der Waals surface area contributed by atoms with Crippen LogP contribution in [0.1, 0.15) is 17.5 Å². The van der Waals surface area contributed by atoms with Crippen LogP contribution in [0.25, 0.3) is 11.1 Å². The van der Waals surface area contributed by atoms with Gasteiger partial charge in [-0.3, -0.25) is 9.78 Å². The summed E-state index contributed by atoms with van der Waals surface area (Å²) in [6, 6.07) is 8.22. The summed E-state index contributed by atoms with van der Waals surface area (Å²) < 4.78 is 0. The van der Waals surface area contributed by atoms with E-state index in [-0.39, 0.29) is 5.91 Å². The Morgan fingerprint density at radius 2 is 1.95 bits per heavy atom. The fourth-order valence-electron chi connectivity index (χ4n) is 2.54. The summed E-state index contributed by atoms with van der Waals surface area (Å²) in [4.78, 5) is 17.7. The van der Waals surface area contributed by atoms with Crippen molar-refractivity contribution in [3.8, 4) is 11.1 Å². The summed E-state index contributed by atoms with van der Waals surface area (Å²) in [7, 11) is 1.85. The number of benzene rings is 1. The Kier molecular flexibility index (Phi) is 3.45. The fraction of sp³-hybridized carbons (Fsp3) is 0.250. The highest BCUT2D eigenvalue weighted by Gasteiger charge is 2.17. The molecule has 3 rings (SSSR count). The lowest BCUT2D eigenvalue weighted by Crippen LogP contribution is -2.24. The van der Waals surface area contributed by atoms with Gasteiger partial charge in [-0.15, -0.1) is 0 Å². The first-order chi connectivity index (χ1) is 9.63. The first-order valence-corrected chi connectivity index (χ1v) is 6.98. The maximum Gasteiger partial charge on any atom is 0.222 e. The highest BCUT2D eigenvalue weighted by molar-refractivity contribution is 6.30. The van der Waals surface area contributed by atoms with E-state index in [1.807, 2.05) is 19.3 Å². The first kappa shape index (κ1) is 13.1. The smallest absolute Gasteiger partial charge is 0.222 e. The van der Waals surface area contributed by atoms with Crippen molar-refractivity contribution in [1.82, 2.24) is 9.88 Å². The number of rotatable bonds is 1. The van der Waals surface area contributed by atoms with E-state index in [9.17, 15) is 4.79 Å². The summed E-state index contributed by atoms with van der Waals surface area (Å²) in [6.45, 7) is 0.683. The van der Waals surface area contributed by atoms with Crippen LogP contribution in [-0.4, -0.2) is 22.8 Å². The Hall–Kier alpha value is -1.87. The van der Waals surface area contributed by atoms with E-state index in [0.717, 1.165) is 17.5 Å². The van der Waals surface area contributed by atoms with Crippen LogP contribution < -0.4 is 0 Å². The van der Waals surface area contributed by atoms with Gasteiger partial charge in [0, 0.05) is 38.0 Å². The van der Waals surface area contributed by atoms with Gasteiger partial charge in [0.15, 0.2) is 0 Å². The van der Waals surface area contributed by atoms with Gasteiger partial charge in [0.2, 0.25) is 5.91 Å². The molecule has 0 bridgehead atoms. The summed E-state index contributed by atoms with van der Waals surface area (Å²) in [6.07, 6.45) is 4.80. The molecule has 2 aromatic rings. The monoisotopic (exact) mass is 286 g/mol. The molecule has 0 atom stereocenters. The van der Waals surface area contributed by atoms with Crippen LogP contribution in [0.4, 0.5) is 0 Å². The molecule has 3 nitrogen and oxygen atoms in total. The van der Waals surface area contributed by atoms with Gasteiger partial charge in [-0.2, -0.15) is 0 Å². The topological polar surface area (TPSA) is 33.2 Å². The molecule has 0 saturated heterocycles. The van der Waals surface area contributed by atoms with Crippen molar-refractivity contribution in [1.29, 1.82) is 0 Å². The molecule has 0 saturated carbocycles. The Labute approximate surface area is 123 Å². The lowest BCUT2D eigenvalue weighted by molar-refractivity contribution is -0.130. The van der Waals surface area contributed by atoms with Crippen LogP contribution in [0.2, 0.25) is 5.02 Å². The van der Waals surface area contributed by atoms with Gasteiger partial charge < -0.3 is 4.90 Å². The zero-order valence-electron chi connectivity index (χ0n) is 11.3. The summed E-state index contributed by atoms with van der Waals surface area (Å²) in [5, 5.41) is 0.632. The van der Waals surface area contributed by atoms with Crippen LogP contribution in [0.3, 0.4) is 0 Å². The van der Waals surface area contributed by atoms with E-state index < -0.39 is 0 Å². The normalized spacial score (nSPS) is 14.9. The number of hydrogen-bond donors (Lipinski definition) is 0. The molecule has 0 aliphatic carbocycles. The highest BCUT2D eigenvalue weighted by atomic mass is 35.5. The van der Waals surface area contributed by atoms with Crippen LogP contribution in [0.15, 0.2) is 36.7 Å². The quantitative estimate of drug-likeness (QED) is 0.806. The standard InChI is InChI=1S/C16H15ClN2O/c1-19-10-13-3-2-12(6-11(13)4-5-16(19)20)14-7-15(17)9-18-8-14/h2-3,6-9H,4-5,10H2,1H3. The Morgan fingerprint density at radius 1 is 1.10 bits per heavy atom. The lowest BCUT2D eigenvalue weighted by atomic mass is 9.98. The van der Waals surface area contributed by atoms with Gasteiger partial charge in [0.1, 0.15) is 0 Å². The maximum atomic E-state index is 11.8. The maximum absolute atomic E-state index is 11.8. The minimum Gasteiger partial charge on any atom is -0.341 e. The Balaban J connectivity index is 2.00. The van der Waals surface area contributed by atoms with Gasteiger partial charge >= 0.3 is 0 Å². The molecule has 1 aromatic heterocycles. The zero-order valence-corrected chi connectivity index (χ0v) is 12.0. The number of aryl methyl sites for hydroxylation is 1. The molecular formula is C16H15ClN2O. The molecule has 102 valence electrons. The third kappa shape index (κ3) is 2.54. The molecule has 1 aliphatic rings. The molecular weight excluding hydrogens is 272 g/mol. The van der Waals surface area contributed by atoms with Gasteiger partial charge in [0.05, 0.1) is 5.02 Å². The number of aromatic nitrogens is 1. The molecule has 1 aromatic carbocycles. The van der Waals surface area contributed by atoms with Gasteiger partial charge in [0.25, 0.3) is 0 Å². The predicted octanol–water partition coefficient (Wildman–Crippen LogP) is 3.31. The number of carbonyl (C=O) groups is 1. The van der Waals surface area contributed by atoms with Crippen molar-refractivity contribution in [2.75, 3.05) is 7.05 Å². The number of hydrogen-bond acceptors (Lipinski definition) is 2. The largest absolute Gasteiger partial charge is 0.341 e. The zero-order chi connectivity index (χ0) is 14.1. The molecule has 4 heteroatoms. The molecule has 0 spiro atoms. The lowest BCUT2D eigenvalue weighted by Gasteiger charge is -2.14. The third-order valence-corrected chi connectivity index (χ3v) is 3.89. The number of fused-ring (bicyclic) bond motifs is 1. The first-order valence-electron chi connectivity index (χ1n) is 6.60. The van der Waals surface area contributed by atoms with E-state index >= 15 is 0 Å². The van der Waals surface area contributed by atoms with E-state index in [1.165, 1.54) is 11.1 Å². The van der Waals surface area contributed by atoms with Crippen LogP contribution in [0.5, 0.6) is 0 Å². The van der Waals surface area contributed by atoms with Crippen LogP contribution in [-0.2, 0) is 17.8 Å². The van der Waals surface area contributed by atoms with Crippen molar-refractivity contribution in [3.63, 3.8) is 0 Å². The molecule has 0 N–H and O–H groups in total. The van der Waals surface area contributed by atoms with Gasteiger partial charge in [-0.25, -0.2) is 0 Å². The second kappa shape index (κ2) is 5.25. The third-order valence-electron chi connectivity index (χ3n) is 3.69. The van der Waals surface area contributed by atoms with Crippen LogP contribution in [0, 0.1) is 0 Å². The fourth-order valence-corrected chi connectivity index (χ4v) is 2.71. The summed E-state index contributed by atoms with van der Waals surface area (Å²) >= 11 is 5.99. The number of amides is 1. The Bertz CT molecular complexity index is 669. The molecule has 0 radical (unpaired) electrons. The number of halogens is 1. The van der Waals surface area contributed by atoms with E-state index in [4.69, 9.17) is 11.6 Å². The Morgan fingerprint density at radius 3 is 2.75 bits per heavy atom. The van der Waals surface area contributed by atoms with Gasteiger partial charge in [-0.05, 0) is 29.2 Å². The molecule has 1 amide bonds. The summed E-state index contributed by atoms with van der Waals surface area (Å²) in [5.41, 5.74) is 4.55. The average molecular weight is 287 g/mol. The molecule has 0 unspecified atom stereocenters.